The van der Waals surface area contributed by atoms with Gasteiger partial charge >= 0.3 is 12.4 Å². The van der Waals surface area contributed by atoms with E-state index in [4.69, 9.17) is 0 Å². The molecule has 0 aliphatic carbocycles. The van der Waals surface area contributed by atoms with Gasteiger partial charge in [-0.15, -0.1) is 5.10 Å². The molecule has 0 bridgehead atoms. The second-order valence-corrected chi connectivity index (χ2v) is 4.48. The fraction of sp³-hybridized carbons (Fsp3) is 0.818. The van der Waals surface area contributed by atoms with E-state index >= 15 is 0 Å². The van der Waals surface area contributed by atoms with Crippen molar-refractivity contribution in [2.45, 2.75) is 45.2 Å². The lowest BCUT2D eigenvalue weighted by atomic mass is 9.95. The highest BCUT2D eigenvalue weighted by Gasteiger charge is 2.61. The van der Waals surface area contributed by atoms with Gasteiger partial charge in [0.1, 0.15) is 0 Å². The Morgan fingerprint density at radius 2 is 1.71 bits per heavy atom. The molecule has 0 aliphatic heterocycles. The molecule has 0 aromatic carbocycles. The fourth-order valence-corrected chi connectivity index (χ4v) is 2.07. The van der Waals surface area contributed by atoms with Crippen LogP contribution in [0.15, 0.2) is 6.20 Å². The molecule has 1 aromatic heterocycles. The Morgan fingerprint density at radius 1 is 1.14 bits per heavy atom. The van der Waals surface area contributed by atoms with Crippen molar-refractivity contribution >= 4 is 0 Å². The van der Waals surface area contributed by atoms with E-state index in [0.29, 0.717) is 6.42 Å². The second kappa shape index (κ2) is 6.63. The van der Waals surface area contributed by atoms with Gasteiger partial charge in [-0.25, -0.2) is 4.68 Å². The van der Waals surface area contributed by atoms with Gasteiger partial charge in [0.15, 0.2) is 5.92 Å². The molecule has 4 nitrogen and oxygen atoms in total. The van der Waals surface area contributed by atoms with Crippen molar-refractivity contribution in [2.75, 3.05) is 6.54 Å². The predicted molar refractivity (Wildman–Crippen MR) is 62.3 cm³/mol. The molecule has 0 fully saturated rings. The molecule has 0 amide bonds. The molecular formula is C11H16F6N4. The van der Waals surface area contributed by atoms with Gasteiger partial charge in [-0.3, -0.25) is 0 Å². The molecule has 1 rings (SSSR count). The van der Waals surface area contributed by atoms with Crippen LogP contribution in [0.3, 0.4) is 0 Å². The fourth-order valence-electron chi connectivity index (χ4n) is 2.07. The van der Waals surface area contributed by atoms with E-state index < -0.39 is 24.3 Å². The van der Waals surface area contributed by atoms with Gasteiger partial charge in [-0.2, -0.15) is 26.3 Å². The third-order valence-electron chi connectivity index (χ3n) is 2.86. The van der Waals surface area contributed by atoms with Crippen molar-refractivity contribution < 1.29 is 26.3 Å². The molecule has 1 N–H and O–H groups in total. The lowest BCUT2D eigenvalue weighted by Gasteiger charge is -2.31. The van der Waals surface area contributed by atoms with Crippen molar-refractivity contribution in [3.8, 4) is 0 Å². The van der Waals surface area contributed by atoms with Crippen molar-refractivity contribution in [1.82, 2.24) is 20.3 Å². The molecule has 0 spiro atoms. The van der Waals surface area contributed by atoms with E-state index in [1.165, 1.54) is 6.92 Å². The second-order valence-electron chi connectivity index (χ2n) is 4.48. The zero-order valence-electron chi connectivity index (χ0n) is 11.5. The Labute approximate surface area is 117 Å². The molecule has 21 heavy (non-hydrogen) atoms. The van der Waals surface area contributed by atoms with Crippen LogP contribution in [0.25, 0.3) is 0 Å². The topological polar surface area (TPSA) is 42.7 Å². The van der Waals surface area contributed by atoms with E-state index in [1.54, 1.807) is 6.92 Å². The molecule has 0 saturated heterocycles. The van der Waals surface area contributed by atoms with Gasteiger partial charge in [0.05, 0.1) is 17.9 Å². The number of halogens is 6. The third-order valence-corrected chi connectivity index (χ3v) is 2.86. The van der Waals surface area contributed by atoms with Crippen LogP contribution in [0, 0.1) is 5.92 Å². The van der Waals surface area contributed by atoms with Crippen LogP contribution < -0.4 is 5.32 Å². The quantitative estimate of drug-likeness (QED) is 0.820. The van der Waals surface area contributed by atoms with Gasteiger partial charge in [0.2, 0.25) is 0 Å². The van der Waals surface area contributed by atoms with E-state index in [9.17, 15) is 26.3 Å². The van der Waals surface area contributed by atoms with Gasteiger partial charge in [-0.05, 0) is 13.0 Å². The average Bonchev–Trinajstić information content (AvgIpc) is 2.73. The Morgan fingerprint density at radius 3 is 2.14 bits per heavy atom. The molecule has 1 aromatic rings. The van der Waals surface area contributed by atoms with Crippen molar-refractivity contribution in [3.05, 3.63) is 11.9 Å². The highest BCUT2D eigenvalue weighted by Crippen LogP contribution is 2.46. The number of hydrogen-bond acceptors (Lipinski definition) is 3. The SMILES string of the molecule is CCCn1nncc1C(NCC)C(C(F)(F)F)C(F)(F)F. The number of alkyl halides is 6. The summed E-state index contributed by atoms with van der Waals surface area (Å²) in [7, 11) is 0. The minimum absolute atomic E-state index is 0.0510. The number of aromatic nitrogens is 3. The Balaban J connectivity index is 3.28. The normalized spacial score (nSPS) is 14.7. The summed E-state index contributed by atoms with van der Waals surface area (Å²) >= 11 is 0. The molecule has 0 aliphatic rings. The van der Waals surface area contributed by atoms with Gasteiger partial charge in [0, 0.05) is 6.54 Å². The smallest absolute Gasteiger partial charge is 0.308 e. The third kappa shape index (κ3) is 4.32. The number of hydrogen-bond donors (Lipinski definition) is 1. The summed E-state index contributed by atoms with van der Waals surface area (Å²) in [4.78, 5) is 0. The monoisotopic (exact) mass is 318 g/mol. The zero-order valence-corrected chi connectivity index (χ0v) is 11.5. The maximum Gasteiger partial charge on any atom is 0.402 e. The van der Waals surface area contributed by atoms with Crippen LogP contribution in [-0.4, -0.2) is 33.9 Å². The van der Waals surface area contributed by atoms with E-state index in [-0.39, 0.29) is 18.8 Å². The number of nitrogens with zero attached hydrogens (tertiary/aromatic N) is 3. The van der Waals surface area contributed by atoms with Gasteiger partial charge in [-0.1, -0.05) is 19.1 Å². The minimum Gasteiger partial charge on any atom is -0.308 e. The van der Waals surface area contributed by atoms with Crippen LogP contribution in [0.2, 0.25) is 0 Å². The molecule has 1 heterocycles. The summed E-state index contributed by atoms with van der Waals surface area (Å²) in [5.41, 5.74) is -0.224. The van der Waals surface area contributed by atoms with E-state index in [0.717, 1.165) is 10.9 Å². The van der Waals surface area contributed by atoms with Crippen LogP contribution in [0.4, 0.5) is 26.3 Å². The van der Waals surface area contributed by atoms with Crippen LogP contribution in [0.1, 0.15) is 32.0 Å². The van der Waals surface area contributed by atoms with Crippen molar-refractivity contribution in [1.29, 1.82) is 0 Å². The average molecular weight is 318 g/mol. The molecule has 10 heteroatoms. The maximum absolute atomic E-state index is 12.9. The number of aryl methyl sites for hydroxylation is 1. The summed E-state index contributed by atoms with van der Waals surface area (Å²) in [6, 6.07) is -1.98. The summed E-state index contributed by atoms with van der Waals surface area (Å²) in [6.07, 6.45) is -9.40. The first-order valence-electron chi connectivity index (χ1n) is 6.38. The lowest BCUT2D eigenvalue weighted by Crippen LogP contribution is -2.46. The van der Waals surface area contributed by atoms with Crippen molar-refractivity contribution in [3.63, 3.8) is 0 Å². The summed E-state index contributed by atoms with van der Waals surface area (Å²) < 4.78 is 78.4. The first-order chi connectivity index (χ1) is 9.62. The highest BCUT2D eigenvalue weighted by atomic mass is 19.4. The van der Waals surface area contributed by atoms with Crippen LogP contribution in [0.5, 0.6) is 0 Å². The summed E-state index contributed by atoms with van der Waals surface area (Å²) in [6.45, 7) is 3.31. The Hall–Kier alpha value is -1.32. The minimum atomic E-state index is -5.42. The highest BCUT2D eigenvalue weighted by molar-refractivity contribution is 5.07. The van der Waals surface area contributed by atoms with Gasteiger partial charge in [0.25, 0.3) is 0 Å². The first kappa shape index (κ1) is 17.7. The first-order valence-corrected chi connectivity index (χ1v) is 6.38. The predicted octanol–water partition coefficient (Wildman–Crippen LogP) is 3.08. The summed E-state index contributed by atoms with van der Waals surface area (Å²) in [5.74, 6) is -3.51. The molecule has 1 unspecified atom stereocenters. The zero-order chi connectivity index (χ0) is 16.3. The standard InChI is InChI=1S/C11H16F6N4/c1-3-5-21-7(6-19-20-21)8(18-4-2)9(10(12,13)14)11(15,16)17/h6,8-9,18H,3-5H2,1-2H3. The van der Waals surface area contributed by atoms with E-state index in [1.807, 2.05) is 0 Å². The molecule has 0 saturated carbocycles. The molecular weight excluding hydrogens is 302 g/mol. The van der Waals surface area contributed by atoms with Gasteiger partial charge < -0.3 is 5.32 Å². The lowest BCUT2D eigenvalue weighted by molar-refractivity contribution is -0.293. The number of rotatable bonds is 6. The summed E-state index contributed by atoms with van der Waals surface area (Å²) in [5, 5.41) is 9.23. The maximum atomic E-state index is 12.9. The van der Waals surface area contributed by atoms with E-state index in [2.05, 4.69) is 15.6 Å². The Kier molecular flexibility index (Phi) is 5.60. The van der Waals surface area contributed by atoms with Crippen LogP contribution >= 0.6 is 0 Å². The molecule has 1 atom stereocenters. The Bertz CT molecular complexity index is 425. The largest absolute Gasteiger partial charge is 0.402 e. The van der Waals surface area contributed by atoms with Crippen LogP contribution in [-0.2, 0) is 6.54 Å². The molecule has 122 valence electrons. The van der Waals surface area contributed by atoms with Crippen molar-refractivity contribution in [2.24, 2.45) is 5.92 Å². The number of nitrogens with one attached hydrogen (secondary N) is 1. The molecule has 0 radical (unpaired) electrons.